The Bertz CT molecular complexity index is 1070. The number of methoxy groups -OCH3 is 1. The van der Waals surface area contributed by atoms with Gasteiger partial charge in [0.15, 0.2) is 5.17 Å². The van der Waals surface area contributed by atoms with Gasteiger partial charge in [-0.2, -0.15) is 5.10 Å². The number of amides is 1. The SMILES string of the molecule is COc1ccc(N2C(=N)S/C(=C\c3cn[nH]c3-c3ccc(F)cc3)C2=O)cc1. The topological polar surface area (TPSA) is 82.1 Å². The Labute approximate surface area is 164 Å². The van der Waals surface area contributed by atoms with Gasteiger partial charge in [-0.15, -0.1) is 0 Å². The first-order chi connectivity index (χ1) is 13.6. The van der Waals surface area contributed by atoms with E-state index in [0.29, 0.717) is 27.6 Å². The molecule has 0 unspecified atom stereocenters. The molecule has 4 rings (SSSR count). The summed E-state index contributed by atoms with van der Waals surface area (Å²) in [5.74, 6) is 0.0624. The number of aromatic nitrogens is 2. The van der Waals surface area contributed by atoms with Crippen LogP contribution >= 0.6 is 11.8 Å². The van der Waals surface area contributed by atoms with Crippen LogP contribution in [0.4, 0.5) is 10.1 Å². The number of benzene rings is 2. The van der Waals surface area contributed by atoms with Crippen LogP contribution in [0.3, 0.4) is 0 Å². The van der Waals surface area contributed by atoms with E-state index in [9.17, 15) is 9.18 Å². The third kappa shape index (κ3) is 3.29. The van der Waals surface area contributed by atoms with Gasteiger partial charge >= 0.3 is 0 Å². The Morgan fingerprint density at radius 2 is 1.89 bits per heavy atom. The van der Waals surface area contributed by atoms with E-state index < -0.39 is 0 Å². The van der Waals surface area contributed by atoms with Gasteiger partial charge in [0, 0.05) is 11.1 Å². The van der Waals surface area contributed by atoms with Crippen molar-refractivity contribution in [2.24, 2.45) is 0 Å². The average molecular weight is 394 g/mol. The van der Waals surface area contributed by atoms with Crippen LogP contribution < -0.4 is 9.64 Å². The lowest BCUT2D eigenvalue weighted by atomic mass is 10.1. The highest BCUT2D eigenvalue weighted by molar-refractivity contribution is 8.19. The molecule has 0 radical (unpaired) electrons. The van der Waals surface area contributed by atoms with Crippen LogP contribution in [-0.2, 0) is 4.79 Å². The monoisotopic (exact) mass is 394 g/mol. The van der Waals surface area contributed by atoms with Crippen LogP contribution in [0.5, 0.6) is 5.75 Å². The third-order valence-corrected chi connectivity index (χ3v) is 5.13. The molecule has 2 N–H and O–H groups in total. The van der Waals surface area contributed by atoms with E-state index in [1.807, 2.05) is 0 Å². The van der Waals surface area contributed by atoms with Crippen LogP contribution in [0.25, 0.3) is 17.3 Å². The highest BCUT2D eigenvalue weighted by Gasteiger charge is 2.33. The molecule has 2 heterocycles. The van der Waals surface area contributed by atoms with Crippen LogP contribution in [-0.4, -0.2) is 28.4 Å². The molecule has 3 aromatic rings. The lowest BCUT2D eigenvalue weighted by Gasteiger charge is -2.14. The highest BCUT2D eigenvalue weighted by atomic mass is 32.2. The zero-order chi connectivity index (χ0) is 19.7. The second-order valence-electron chi connectivity index (χ2n) is 5.96. The van der Waals surface area contributed by atoms with Crippen molar-refractivity contribution in [2.45, 2.75) is 0 Å². The summed E-state index contributed by atoms with van der Waals surface area (Å²) < 4.78 is 18.3. The number of hydrogen-bond donors (Lipinski definition) is 2. The molecular formula is C20H15FN4O2S. The largest absolute Gasteiger partial charge is 0.497 e. The van der Waals surface area contributed by atoms with E-state index in [0.717, 1.165) is 17.3 Å². The molecule has 6 nitrogen and oxygen atoms in total. The van der Waals surface area contributed by atoms with Crippen molar-refractivity contribution in [2.75, 3.05) is 12.0 Å². The van der Waals surface area contributed by atoms with E-state index in [-0.39, 0.29) is 16.9 Å². The number of amidine groups is 1. The Hall–Kier alpha value is -3.39. The first-order valence-electron chi connectivity index (χ1n) is 8.33. The molecule has 1 saturated heterocycles. The Kier molecular flexibility index (Phi) is 4.70. The molecule has 1 aliphatic rings. The van der Waals surface area contributed by atoms with Crippen LogP contribution in [0, 0.1) is 11.2 Å². The summed E-state index contributed by atoms with van der Waals surface area (Å²) in [5.41, 5.74) is 2.71. The molecule has 0 atom stereocenters. The summed E-state index contributed by atoms with van der Waals surface area (Å²) in [5, 5.41) is 15.2. The van der Waals surface area contributed by atoms with E-state index >= 15 is 0 Å². The van der Waals surface area contributed by atoms with E-state index in [4.69, 9.17) is 10.1 Å². The maximum Gasteiger partial charge on any atom is 0.271 e. The number of carbonyl (C=O) groups is 1. The van der Waals surface area contributed by atoms with E-state index in [2.05, 4.69) is 10.2 Å². The standard InChI is InChI=1S/C20H15FN4O2S/c1-27-16-8-6-15(7-9-16)25-19(26)17(28-20(25)22)10-13-11-23-24-18(13)12-2-4-14(21)5-3-12/h2-11,22H,1H3,(H,23,24)/b17-10-,22-20?. The van der Waals surface area contributed by atoms with Crippen LogP contribution in [0.2, 0.25) is 0 Å². The zero-order valence-electron chi connectivity index (χ0n) is 14.8. The Morgan fingerprint density at radius 3 is 2.57 bits per heavy atom. The number of nitrogens with one attached hydrogen (secondary N) is 2. The van der Waals surface area contributed by atoms with Crippen LogP contribution in [0.15, 0.2) is 59.6 Å². The van der Waals surface area contributed by atoms with Gasteiger partial charge in [-0.1, -0.05) is 0 Å². The van der Waals surface area contributed by atoms with Crippen molar-refractivity contribution < 1.29 is 13.9 Å². The summed E-state index contributed by atoms with van der Waals surface area (Å²) in [7, 11) is 1.57. The number of nitrogens with zero attached hydrogens (tertiary/aromatic N) is 2. The van der Waals surface area contributed by atoms with E-state index in [1.54, 1.807) is 55.8 Å². The molecule has 0 saturated carbocycles. The van der Waals surface area contributed by atoms with Crippen molar-refractivity contribution in [3.8, 4) is 17.0 Å². The number of rotatable bonds is 4. The molecule has 0 aliphatic carbocycles. The highest BCUT2D eigenvalue weighted by Crippen LogP contribution is 2.36. The number of anilines is 1. The fourth-order valence-electron chi connectivity index (χ4n) is 2.85. The number of carbonyl (C=O) groups excluding carboxylic acids is 1. The van der Waals surface area contributed by atoms with Crippen molar-refractivity contribution in [1.82, 2.24) is 10.2 Å². The molecule has 0 bridgehead atoms. The Balaban J connectivity index is 1.65. The molecule has 1 fully saturated rings. The maximum atomic E-state index is 13.2. The molecule has 140 valence electrons. The van der Waals surface area contributed by atoms with Gasteiger partial charge in [-0.05, 0) is 66.4 Å². The second kappa shape index (κ2) is 7.32. The van der Waals surface area contributed by atoms with Gasteiger partial charge < -0.3 is 4.74 Å². The average Bonchev–Trinajstić information content (AvgIpc) is 3.27. The minimum absolute atomic E-state index is 0.119. The number of thioether (sulfide) groups is 1. The number of aromatic amines is 1. The van der Waals surface area contributed by atoms with Gasteiger partial charge in [0.1, 0.15) is 11.6 Å². The number of H-pyrrole nitrogens is 1. The van der Waals surface area contributed by atoms with Gasteiger partial charge in [0.25, 0.3) is 5.91 Å². The molecule has 1 amide bonds. The quantitative estimate of drug-likeness (QED) is 0.647. The number of halogens is 1. The van der Waals surface area contributed by atoms with Crippen molar-refractivity contribution in [3.63, 3.8) is 0 Å². The van der Waals surface area contributed by atoms with Gasteiger partial charge in [0.2, 0.25) is 0 Å². The lowest BCUT2D eigenvalue weighted by molar-refractivity contribution is -0.113. The summed E-state index contributed by atoms with van der Waals surface area (Å²) in [6.45, 7) is 0. The fourth-order valence-corrected chi connectivity index (χ4v) is 3.70. The van der Waals surface area contributed by atoms with Gasteiger partial charge in [0.05, 0.1) is 29.6 Å². The summed E-state index contributed by atoms with van der Waals surface area (Å²) in [6.07, 6.45) is 3.28. The summed E-state index contributed by atoms with van der Waals surface area (Å²) >= 11 is 1.08. The molecule has 0 spiro atoms. The van der Waals surface area contributed by atoms with Crippen molar-refractivity contribution >= 4 is 34.6 Å². The maximum absolute atomic E-state index is 13.2. The van der Waals surface area contributed by atoms with Gasteiger partial charge in [-0.25, -0.2) is 4.39 Å². The first-order valence-corrected chi connectivity index (χ1v) is 9.14. The fraction of sp³-hybridized carbons (Fsp3) is 0.0500. The van der Waals surface area contributed by atoms with Crippen molar-refractivity contribution in [1.29, 1.82) is 5.41 Å². The number of ether oxygens (including phenoxy) is 1. The predicted molar refractivity (Wildman–Crippen MR) is 108 cm³/mol. The van der Waals surface area contributed by atoms with E-state index in [1.165, 1.54) is 17.0 Å². The van der Waals surface area contributed by atoms with Crippen molar-refractivity contribution in [3.05, 3.63) is 71.0 Å². The normalized spacial score (nSPS) is 15.5. The van der Waals surface area contributed by atoms with Gasteiger partial charge in [-0.3, -0.25) is 20.2 Å². The molecular weight excluding hydrogens is 379 g/mol. The lowest BCUT2D eigenvalue weighted by Crippen LogP contribution is -2.27. The molecule has 1 aliphatic heterocycles. The molecule has 8 heteroatoms. The number of hydrogen-bond acceptors (Lipinski definition) is 5. The molecule has 1 aromatic heterocycles. The smallest absolute Gasteiger partial charge is 0.271 e. The predicted octanol–water partition coefficient (Wildman–Crippen LogP) is 4.28. The summed E-state index contributed by atoms with van der Waals surface area (Å²) in [6, 6.07) is 13.0. The minimum atomic E-state index is -0.326. The molecule has 2 aromatic carbocycles. The zero-order valence-corrected chi connectivity index (χ0v) is 15.6. The minimum Gasteiger partial charge on any atom is -0.497 e. The summed E-state index contributed by atoms with van der Waals surface area (Å²) in [4.78, 5) is 14.6. The third-order valence-electron chi connectivity index (χ3n) is 4.24. The Morgan fingerprint density at radius 1 is 1.18 bits per heavy atom. The van der Waals surface area contributed by atoms with Crippen LogP contribution in [0.1, 0.15) is 5.56 Å². The second-order valence-corrected chi connectivity index (χ2v) is 6.99. The molecule has 28 heavy (non-hydrogen) atoms. The first kappa shape index (κ1) is 18.0.